The van der Waals surface area contributed by atoms with Crippen molar-refractivity contribution in [2.75, 3.05) is 45.8 Å². The average Bonchev–Trinajstić information content (AvgIpc) is 3.83. The molecule has 9 unspecified atom stereocenters. The zero-order valence-electron chi connectivity index (χ0n) is 40.1. The Balaban J connectivity index is 0.0000000864. The van der Waals surface area contributed by atoms with Crippen LogP contribution in [0.15, 0.2) is 0 Å². The molecule has 19 fully saturated rings. The van der Waals surface area contributed by atoms with Gasteiger partial charge in [0, 0.05) is 42.3 Å². The fraction of sp³-hybridized carbons (Fsp3) is 1.00. The van der Waals surface area contributed by atoms with Gasteiger partial charge in [0.05, 0.1) is 0 Å². The average molecular weight is 858 g/mol. The highest BCUT2D eigenvalue weighted by atomic mass is 15.0. The number of hydrogen-bond acceptors (Lipinski definition) is 7. The van der Waals surface area contributed by atoms with Gasteiger partial charge < -0.3 is 37.2 Å². The second-order valence-corrected chi connectivity index (χ2v) is 25.2. The van der Waals surface area contributed by atoms with Crippen LogP contribution in [0.1, 0.15) is 199 Å². The monoisotopic (exact) mass is 858 g/mol. The van der Waals surface area contributed by atoms with Gasteiger partial charge >= 0.3 is 0 Å². The van der Waals surface area contributed by atoms with E-state index in [1.165, 1.54) is 238 Å². The van der Waals surface area contributed by atoms with Gasteiger partial charge in [-0.1, -0.05) is 19.3 Å². The summed E-state index contributed by atoms with van der Waals surface area (Å²) in [6.07, 6.45) is 46.1. The summed E-state index contributed by atoms with van der Waals surface area (Å²) < 4.78 is 0. The van der Waals surface area contributed by atoms with Gasteiger partial charge in [-0.05, 0) is 284 Å². The van der Waals surface area contributed by atoms with E-state index >= 15 is 0 Å². The van der Waals surface area contributed by atoms with Crippen molar-refractivity contribution in [1.82, 2.24) is 37.2 Å². The molecule has 7 N–H and O–H groups in total. The Kier molecular flexibility index (Phi) is 16.3. The second kappa shape index (κ2) is 22.2. The number of hydrogen-bond donors (Lipinski definition) is 7. The predicted molar refractivity (Wildman–Crippen MR) is 260 cm³/mol. The summed E-state index contributed by atoms with van der Waals surface area (Å²) in [7, 11) is 0. The van der Waals surface area contributed by atoms with Crippen LogP contribution in [-0.4, -0.2) is 88.1 Å². The van der Waals surface area contributed by atoms with Gasteiger partial charge in [-0.3, -0.25) is 0 Å². The minimum absolute atomic E-state index is 0.861. The van der Waals surface area contributed by atoms with E-state index in [-0.39, 0.29) is 0 Å². The van der Waals surface area contributed by atoms with Crippen molar-refractivity contribution in [2.24, 2.45) is 58.7 Å². The van der Waals surface area contributed by atoms with Crippen molar-refractivity contribution >= 4 is 0 Å². The van der Waals surface area contributed by atoms with Crippen molar-refractivity contribution in [1.29, 1.82) is 0 Å². The summed E-state index contributed by atoms with van der Waals surface area (Å²) in [5, 5.41) is 24.9. The molecule has 62 heavy (non-hydrogen) atoms. The number of piperidine rings is 6. The largest absolute Gasteiger partial charge is 0.316 e. The van der Waals surface area contributed by atoms with E-state index in [0.717, 1.165) is 101 Å². The lowest BCUT2D eigenvalue weighted by molar-refractivity contribution is -0.0839. The first-order chi connectivity index (χ1) is 30.6. The van der Waals surface area contributed by atoms with Crippen molar-refractivity contribution < 1.29 is 0 Å². The zero-order chi connectivity index (χ0) is 41.6. The molecule has 0 aromatic carbocycles. The summed E-state index contributed by atoms with van der Waals surface area (Å²) in [4.78, 5) is 0. The normalized spacial score (nSPS) is 48.4. The molecule has 19 aliphatic rings. The molecule has 19 rings (SSSR count). The Morgan fingerprint density at radius 2 is 0.806 bits per heavy atom. The van der Waals surface area contributed by atoms with Crippen LogP contribution >= 0.6 is 0 Å². The van der Waals surface area contributed by atoms with Gasteiger partial charge in [-0.15, -0.1) is 0 Å². The standard InChI is InChI=1S/C9H15N.C9H17N.C8H13N.2C8H15N.C7H13N.C6H11N/c1-6-2-8-4-7(1)5-9(3-6)10-8;1-2-8-4-5-9(3-1)7-10-6-8;1-2-8-3-4-9-7(8)5-6(1)8;1-3-8-4-2-7(1)5-6-9-8;1-2-7-4-5-9-8(3-1)6-7;1-3-7-4-2-6(1)5-8-7;1-2-6-3-5(1)4-7-6/h6-10H,1-5H2;8-10H,1-7H2;6-7,9H,1-5H2;2*7-9H,1-6H2;6-8H,1-5H2;5-7H,1-4H2. The SMILES string of the molecule is C1C2CC3CC1CC(C2)N3.C1CC23CCC2CC3N1.C1CC2CC1CN2.C1CC2CCC(C1)CNC2.C1CC2CCC(CC2)N1.C1CC2CCC1CN2.C1CC2CCNC(C1)C2. The van der Waals surface area contributed by atoms with Crippen LogP contribution in [0.3, 0.4) is 0 Å². The Bertz CT molecular complexity index is 1170. The maximum Gasteiger partial charge on any atom is 0.0129 e. The molecule has 10 heterocycles. The first-order valence-electron chi connectivity index (χ1n) is 28.7. The minimum Gasteiger partial charge on any atom is -0.316 e. The lowest BCUT2D eigenvalue weighted by atomic mass is 9.45. The molecule has 9 atom stereocenters. The first kappa shape index (κ1) is 45.5. The van der Waals surface area contributed by atoms with Gasteiger partial charge in [-0.25, -0.2) is 0 Å². The van der Waals surface area contributed by atoms with Gasteiger partial charge in [0.1, 0.15) is 0 Å². The van der Waals surface area contributed by atoms with Crippen LogP contribution in [0, 0.1) is 58.7 Å². The van der Waals surface area contributed by atoms with E-state index in [1.54, 1.807) is 6.42 Å². The van der Waals surface area contributed by atoms with Gasteiger partial charge in [0.15, 0.2) is 0 Å². The maximum absolute atomic E-state index is 3.71. The topological polar surface area (TPSA) is 84.2 Å². The van der Waals surface area contributed by atoms with E-state index in [4.69, 9.17) is 0 Å². The Morgan fingerprint density at radius 3 is 1.26 bits per heavy atom. The van der Waals surface area contributed by atoms with Crippen molar-refractivity contribution in [3.05, 3.63) is 0 Å². The Hall–Kier alpha value is -0.280. The third kappa shape index (κ3) is 12.1. The van der Waals surface area contributed by atoms with Crippen molar-refractivity contribution in [3.63, 3.8) is 0 Å². The highest BCUT2D eigenvalue weighted by molar-refractivity contribution is 5.16. The van der Waals surface area contributed by atoms with Crippen LogP contribution < -0.4 is 37.2 Å². The molecule has 7 heteroatoms. The maximum atomic E-state index is 3.71. The first-order valence-corrected chi connectivity index (χ1v) is 28.7. The molecule has 0 amide bonds. The van der Waals surface area contributed by atoms with Gasteiger partial charge in [0.2, 0.25) is 0 Å². The van der Waals surface area contributed by atoms with E-state index in [9.17, 15) is 0 Å². The number of fused-ring (bicyclic) bond motifs is 14. The minimum atomic E-state index is 0.861. The third-order valence-corrected chi connectivity index (χ3v) is 21.0. The van der Waals surface area contributed by atoms with Crippen LogP contribution in [-0.2, 0) is 0 Å². The third-order valence-electron chi connectivity index (χ3n) is 21.0. The molecule has 1 spiro atoms. The molecule has 9 saturated carbocycles. The predicted octanol–water partition coefficient (Wildman–Crippen LogP) is 9.46. The van der Waals surface area contributed by atoms with E-state index in [2.05, 4.69) is 37.2 Å². The van der Waals surface area contributed by atoms with Crippen molar-refractivity contribution in [2.45, 2.75) is 241 Å². The molecular weight excluding hydrogens is 759 g/mol. The fourth-order valence-electron chi connectivity index (χ4n) is 17.0. The van der Waals surface area contributed by atoms with Crippen LogP contribution in [0.5, 0.6) is 0 Å². The Morgan fingerprint density at radius 1 is 0.290 bits per heavy atom. The quantitative estimate of drug-likeness (QED) is 0.131. The molecule has 7 nitrogen and oxygen atoms in total. The molecular formula is C55H99N7. The number of rotatable bonds is 0. The van der Waals surface area contributed by atoms with Crippen LogP contribution in [0.25, 0.3) is 0 Å². The lowest BCUT2D eigenvalue weighted by Gasteiger charge is -2.61. The van der Waals surface area contributed by atoms with Crippen LogP contribution in [0.4, 0.5) is 0 Å². The van der Waals surface area contributed by atoms with Crippen LogP contribution in [0.2, 0.25) is 0 Å². The summed E-state index contributed by atoms with van der Waals surface area (Å²) >= 11 is 0. The summed E-state index contributed by atoms with van der Waals surface area (Å²) in [6.45, 7) is 9.11. The number of nitrogens with one attached hydrogen (secondary N) is 7. The molecule has 10 saturated heterocycles. The highest BCUT2D eigenvalue weighted by Gasteiger charge is 2.62. The molecule has 0 radical (unpaired) electrons. The van der Waals surface area contributed by atoms with Crippen molar-refractivity contribution in [3.8, 4) is 0 Å². The molecule has 9 aliphatic carbocycles. The lowest BCUT2D eigenvalue weighted by Crippen LogP contribution is -2.59. The van der Waals surface area contributed by atoms with Gasteiger partial charge in [0.25, 0.3) is 0 Å². The molecule has 354 valence electrons. The van der Waals surface area contributed by atoms with E-state index in [0.29, 0.717) is 0 Å². The van der Waals surface area contributed by atoms with E-state index < -0.39 is 0 Å². The van der Waals surface area contributed by atoms with E-state index in [1.807, 2.05) is 0 Å². The summed E-state index contributed by atoms with van der Waals surface area (Å²) in [6, 6.07) is 6.43. The zero-order valence-corrected chi connectivity index (χ0v) is 40.1. The molecule has 0 aromatic rings. The Labute approximate surface area is 381 Å². The smallest absolute Gasteiger partial charge is 0.0129 e. The molecule has 14 bridgehead atoms. The summed E-state index contributed by atoms with van der Waals surface area (Å²) in [5.74, 6) is 9.69. The second-order valence-electron chi connectivity index (χ2n) is 25.2. The molecule has 10 aliphatic heterocycles. The molecule has 0 aromatic heterocycles. The summed E-state index contributed by atoms with van der Waals surface area (Å²) in [5.41, 5.74) is 0.861. The highest BCUT2D eigenvalue weighted by Crippen LogP contribution is 2.64. The van der Waals surface area contributed by atoms with Gasteiger partial charge in [-0.2, -0.15) is 0 Å². The fourth-order valence-corrected chi connectivity index (χ4v) is 17.0.